The minimum absolute atomic E-state index is 0.436. The molecule has 0 unspecified atom stereocenters. The number of carbonyl (C=O) groups excluding carboxylic acids is 1. The summed E-state index contributed by atoms with van der Waals surface area (Å²) in [7, 11) is 2.05. The smallest absolute Gasteiger partial charge is 0.411 e. The fraction of sp³-hybridized carbons (Fsp3) is 0.312. The molecule has 1 aromatic heterocycles. The quantitative estimate of drug-likeness (QED) is 0.850. The molecule has 5 nitrogen and oxygen atoms in total. The first kappa shape index (κ1) is 14.9. The first-order valence-corrected chi connectivity index (χ1v) is 8.05. The number of thiophene rings is 1. The van der Waals surface area contributed by atoms with Crippen LogP contribution in [0.25, 0.3) is 10.4 Å². The van der Waals surface area contributed by atoms with Crippen molar-refractivity contribution >= 4 is 28.8 Å². The first-order valence-electron chi connectivity index (χ1n) is 7.17. The fourth-order valence-corrected chi connectivity index (χ4v) is 3.26. The number of benzene rings is 1. The number of nitrogens with two attached hydrogens (primary N) is 1. The second-order valence-corrected chi connectivity index (χ2v) is 6.54. The van der Waals surface area contributed by atoms with E-state index >= 15 is 0 Å². The Balaban J connectivity index is 1.61. The molecule has 1 saturated heterocycles. The molecule has 2 heterocycles. The number of rotatable bonds is 4. The number of likely N-dealkylation sites (tertiary alicyclic amines) is 1. The zero-order chi connectivity index (χ0) is 15.5. The van der Waals surface area contributed by atoms with E-state index in [4.69, 9.17) is 10.5 Å². The molecule has 1 aromatic carbocycles. The molecule has 116 valence electrons. The lowest BCUT2D eigenvalue weighted by atomic mass is 10.0. The molecule has 0 bridgehead atoms. The van der Waals surface area contributed by atoms with E-state index < -0.39 is 6.09 Å². The van der Waals surface area contributed by atoms with Gasteiger partial charge in [-0.1, -0.05) is 12.1 Å². The Kier molecular flexibility index (Phi) is 4.31. The van der Waals surface area contributed by atoms with Crippen LogP contribution < -0.4 is 11.1 Å². The lowest BCUT2D eigenvalue weighted by molar-refractivity contribution is 0.0622. The average Bonchev–Trinajstić information content (AvgIpc) is 2.99. The van der Waals surface area contributed by atoms with Gasteiger partial charge in [-0.2, -0.15) is 0 Å². The number of nitrogens with one attached hydrogen (secondary N) is 1. The monoisotopic (exact) mass is 317 g/mol. The van der Waals surface area contributed by atoms with Gasteiger partial charge in [-0.05, 0) is 36.2 Å². The van der Waals surface area contributed by atoms with Crippen LogP contribution in [0.15, 0.2) is 35.7 Å². The molecule has 6 heteroatoms. The normalized spacial score (nSPS) is 15.3. The standard InChI is InChI=1S/C16H19N3O2S/c1-19-8-11(9-19)10-21-16(20)18-14-7-12(4-5-13(14)17)15-3-2-6-22-15/h2-7,11H,8-10,17H2,1H3,(H,18,20). The highest BCUT2D eigenvalue weighted by Crippen LogP contribution is 2.30. The Morgan fingerprint density at radius 2 is 2.27 bits per heavy atom. The molecule has 1 aliphatic heterocycles. The maximum absolute atomic E-state index is 11.9. The summed E-state index contributed by atoms with van der Waals surface area (Å²) in [5.74, 6) is 0.436. The predicted molar refractivity (Wildman–Crippen MR) is 90.1 cm³/mol. The van der Waals surface area contributed by atoms with Crippen LogP contribution in [-0.4, -0.2) is 37.7 Å². The maximum atomic E-state index is 11.9. The lowest BCUT2D eigenvalue weighted by Gasteiger charge is -2.35. The van der Waals surface area contributed by atoms with Gasteiger partial charge in [0, 0.05) is 23.9 Å². The van der Waals surface area contributed by atoms with Gasteiger partial charge in [0.15, 0.2) is 0 Å². The van der Waals surface area contributed by atoms with Crippen molar-refractivity contribution in [1.29, 1.82) is 0 Å². The van der Waals surface area contributed by atoms with E-state index in [-0.39, 0.29) is 0 Å². The van der Waals surface area contributed by atoms with Crippen LogP contribution in [0.3, 0.4) is 0 Å². The van der Waals surface area contributed by atoms with E-state index in [1.165, 1.54) is 0 Å². The Morgan fingerprint density at radius 3 is 2.95 bits per heavy atom. The summed E-state index contributed by atoms with van der Waals surface area (Å²) < 4.78 is 5.25. The highest BCUT2D eigenvalue weighted by Gasteiger charge is 2.24. The van der Waals surface area contributed by atoms with Gasteiger partial charge in [-0.25, -0.2) is 4.79 Å². The Morgan fingerprint density at radius 1 is 1.45 bits per heavy atom. The zero-order valence-corrected chi connectivity index (χ0v) is 13.2. The van der Waals surface area contributed by atoms with Gasteiger partial charge in [0.25, 0.3) is 0 Å². The fourth-order valence-electron chi connectivity index (χ4n) is 2.53. The number of amides is 1. The van der Waals surface area contributed by atoms with Gasteiger partial charge in [0.2, 0.25) is 0 Å². The molecule has 0 atom stereocenters. The Bertz CT molecular complexity index is 651. The van der Waals surface area contributed by atoms with E-state index in [0.29, 0.717) is 23.9 Å². The third-order valence-electron chi connectivity index (χ3n) is 3.69. The van der Waals surface area contributed by atoms with Crippen LogP contribution >= 0.6 is 11.3 Å². The zero-order valence-electron chi connectivity index (χ0n) is 12.4. The molecule has 22 heavy (non-hydrogen) atoms. The average molecular weight is 317 g/mol. The molecule has 3 rings (SSSR count). The molecular formula is C16H19N3O2S. The molecular weight excluding hydrogens is 298 g/mol. The van der Waals surface area contributed by atoms with E-state index in [0.717, 1.165) is 23.5 Å². The SMILES string of the molecule is CN1CC(COC(=O)Nc2cc(-c3cccs3)ccc2N)C1. The highest BCUT2D eigenvalue weighted by atomic mass is 32.1. The van der Waals surface area contributed by atoms with E-state index in [1.54, 1.807) is 17.4 Å². The number of nitrogens with zero attached hydrogens (tertiary/aromatic N) is 1. The Labute approximate surface area is 133 Å². The summed E-state index contributed by atoms with van der Waals surface area (Å²) in [5.41, 5.74) is 8.07. The summed E-state index contributed by atoms with van der Waals surface area (Å²) in [6.45, 7) is 2.40. The number of ether oxygens (including phenoxy) is 1. The molecule has 2 aromatic rings. The van der Waals surface area contributed by atoms with Gasteiger partial charge in [-0.3, -0.25) is 5.32 Å². The van der Waals surface area contributed by atoms with Gasteiger partial charge >= 0.3 is 6.09 Å². The number of anilines is 2. The summed E-state index contributed by atoms with van der Waals surface area (Å²) >= 11 is 1.64. The molecule has 3 N–H and O–H groups in total. The molecule has 1 amide bonds. The molecule has 1 fully saturated rings. The van der Waals surface area contributed by atoms with Crippen molar-refractivity contribution in [2.45, 2.75) is 0 Å². The second-order valence-electron chi connectivity index (χ2n) is 5.59. The van der Waals surface area contributed by atoms with Crippen LogP contribution in [0.4, 0.5) is 16.2 Å². The van der Waals surface area contributed by atoms with Gasteiger partial charge < -0.3 is 15.4 Å². The summed E-state index contributed by atoms with van der Waals surface area (Å²) in [4.78, 5) is 15.2. The second kappa shape index (κ2) is 6.37. The van der Waals surface area contributed by atoms with Crippen LogP contribution in [0.1, 0.15) is 0 Å². The summed E-state index contributed by atoms with van der Waals surface area (Å²) in [5, 5.41) is 4.75. The van der Waals surface area contributed by atoms with E-state index in [9.17, 15) is 4.79 Å². The largest absolute Gasteiger partial charge is 0.449 e. The van der Waals surface area contributed by atoms with Crippen molar-refractivity contribution in [3.05, 3.63) is 35.7 Å². The number of hydrogen-bond donors (Lipinski definition) is 2. The first-order chi connectivity index (χ1) is 10.6. The number of hydrogen-bond acceptors (Lipinski definition) is 5. The number of carbonyl (C=O) groups is 1. The van der Waals surface area contributed by atoms with Gasteiger partial charge in [-0.15, -0.1) is 11.3 Å². The maximum Gasteiger partial charge on any atom is 0.411 e. The van der Waals surface area contributed by atoms with Crippen molar-refractivity contribution < 1.29 is 9.53 Å². The van der Waals surface area contributed by atoms with Crippen molar-refractivity contribution in [2.24, 2.45) is 5.92 Å². The van der Waals surface area contributed by atoms with Gasteiger partial charge in [0.1, 0.15) is 0 Å². The van der Waals surface area contributed by atoms with Crippen molar-refractivity contribution in [3.63, 3.8) is 0 Å². The molecule has 0 spiro atoms. The van der Waals surface area contributed by atoms with Crippen molar-refractivity contribution in [1.82, 2.24) is 4.90 Å². The van der Waals surface area contributed by atoms with E-state index in [1.807, 2.05) is 36.7 Å². The summed E-state index contributed by atoms with van der Waals surface area (Å²) in [6.07, 6.45) is -0.454. The third-order valence-corrected chi connectivity index (χ3v) is 4.60. The van der Waals surface area contributed by atoms with Crippen molar-refractivity contribution in [3.8, 4) is 10.4 Å². The third kappa shape index (κ3) is 3.40. The predicted octanol–water partition coefficient (Wildman–Crippen LogP) is 3.11. The summed E-state index contributed by atoms with van der Waals surface area (Å²) in [6, 6.07) is 9.64. The van der Waals surface area contributed by atoms with Crippen LogP contribution in [-0.2, 0) is 4.74 Å². The van der Waals surface area contributed by atoms with Crippen LogP contribution in [0, 0.1) is 5.92 Å². The van der Waals surface area contributed by atoms with Gasteiger partial charge in [0.05, 0.1) is 18.0 Å². The van der Waals surface area contributed by atoms with Crippen molar-refractivity contribution in [2.75, 3.05) is 37.8 Å². The minimum Gasteiger partial charge on any atom is -0.449 e. The number of nitrogen functional groups attached to an aromatic ring is 1. The highest BCUT2D eigenvalue weighted by molar-refractivity contribution is 7.13. The minimum atomic E-state index is -0.454. The van der Waals surface area contributed by atoms with Crippen LogP contribution in [0.5, 0.6) is 0 Å². The van der Waals surface area contributed by atoms with Crippen LogP contribution in [0.2, 0.25) is 0 Å². The molecule has 0 saturated carbocycles. The Hall–Kier alpha value is -2.05. The van der Waals surface area contributed by atoms with E-state index in [2.05, 4.69) is 10.2 Å². The topological polar surface area (TPSA) is 67.6 Å². The lowest BCUT2D eigenvalue weighted by Crippen LogP contribution is -2.46. The molecule has 1 aliphatic rings. The molecule has 0 aliphatic carbocycles. The molecule has 0 radical (unpaired) electrons.